The van der Waals surface area contributed by atoms with E-state index in [2.05, 4.69) is 18.6 Å². The van der Waals surface area contributed by atoms with E-state index in [0.717, 1.165) is 23.3 Å². The molecule has 1 saturated carbocycles. The Morgan fingerprint density at radius 2 is 2.10 bits per heavy atom. The molecular formula is C14H24N2O2S2. The summed E-state index contributed by atoms with van der Waals surface area (Å²) in [6.07, 6.45) is 3.20. The summed E-state index contributed by atoms with van der Waals surface area (Å²) in [5.41, 5.74) is 6.45. The topological polar surface area (TPSA) is 72.2 Å². The second-order valence-corrected chi connectivity index (χ2v) is 8.49. The number of hydrogen-bond donors (Lipinski definition) is 2. The second kappa shape index (κ2) is 6.13. The summed E-state index contributed by atoms with van der Waals surface area (Å²) in [6.45, 7) is 6.44. The lowest BCUT2D eigenvalue weighted by Gasteiger charge is -2.34. The molecule has 1 aromatic rings. The number of nitrogens with two attached hydrogens (primary N) is 1. The van der Waals surface area contributed by atoms with Crippen molar-refractivity contribution in [1.82, 2.24) is 4.72 Å². The number of nitrogens with one attached hydrogen (secondary N) is 1. The average Bonchev–Trinajstić information content (AvgIpc) is 2.77. The van der Waals surface area contributed by atoms with Crippen LogP contribution in [-0.2, 0) is 16.6 Å². The molecule has 1 aliphatic rings. The quantitative estimate of drug-likeness (QED) is 0.897. The molecule has 1 fully saturated rings. The largest absolute Gasteiger partial charge is 0.326 e. The van der Waals surface area contributed by atoms with Gasteiger partial charge in [0.25, 0.3) is 0 Å². The molecule has 3 N–H and O–H groups in total. The first kappa shape index (κ1) is 15.9. The first-order valence-electron chi connectivity index (χ1n) is 7.16. The Morgan fingerprint density at radius 3 is 2.75 bits per heavy atom. The zero-order valence-corrected chi connectivity index (χ0v) is 14.0. The van der Waals surface area contributed by atoms with E-state index in [9.17, 15) is 8.42 Å². The van der Waals surface area contributed by atoms with Crippen molar-refractivity contribution in [2.75, 3.05) is 0 Å². The molecule has 0 radical (unpaired) electrons. The van der Waals surface area contributed by atoms with E-state index >= 15 is 0 Å². The summed E-state index contributed by atoms with van der Waals surface area (Å²) in [4.78, 5) is 1.14. The van der Waals surface area contributed by atoms with Crippen LogP contribution in [-0.4, -0.2) is 14.5 Å². The predicted molar refractivity (Wildman–Crippen MR) is 83.2 cm³/mol. The molecule has 0 aliphatic heterocycles. The highest BCUT2D eigenvalue weighted by molar-refractivity contribution is 7.89. The third-order valence-electron chi connectivity index (χ3n) is 4.46. The van der Waals surface area contributed by atoms with Crippen LogP contribution in [0.3, 0.4) is 0 Å². The first-order valence-corrected chi connectivity index (χ1v) is 9.52. The summed E-state index contributed by atoms with van der Waals surface area (Å²) in [6, 6.07) is 0.0358. The van der Waals surface area contributed by atoms with Crippen molar-refractivity contribution in [2.24, 2.45) is 17.6 Å². The minimum Gasteiger partial charge on any atom is -0.326 e. The van der Waals surface area contributed by atoms with Crippen molar-refractivity contribution in [3.05, 3.63) is 15.8 Å². The molecule has 114 valence electrons. The van der Waals surface area contributed by atoms with Crippen molar-refractivity contribution >= 4 is 21.4 Å². The molecule has 0 spiro atoms. The molecule has 4 nitrogen and oxygen atoms in total. The van der Waals surface area contributed by atoms with Gasteiger partial charge in [-0.1, -0.05) is 26.7 Å². The van der Waals surface area contributed by atoms with E-state index in [4.69, 9.17) is 5.73 Å². The van der Waals surface area contributed by atoms with Gasteiger partial charge < -0.3 is 5.73 Å². The number of aryl methyl sites for hydroxylation is 1. The van der Waals surface area contributed by atoms with Gasteiger partial charge in [-0.2, -0.15) is 0 Å². The van der Waals surface area contributed by atoms with Crippen LogP contribution in [0.4, 0.5) is 0 Å². The normalized spacial score (nSPS) is 27.7. The van der Waals surface area contributed by atoms with Crippen molar-refractivity contribution in [3.8, 4) is 0 Å². The van der Waals surface area contributed by atoms with E-state index < -0.39 is 10.0 Å². The van der Waals surface area contributed by atoms with Gasteiger partial charge in [-0.05, 0) is 36.1 Å². The molecule has 1 aromatic heterocycles. The molecule has 1 heterocycles. The standard InChI is InChI=1S/C14H24N2O2S2/c1-9-5-4-6-12(11(9)3)16-20(17,18)14-10(2)8-19-13(14)7-15/h8-9,11-12,16H,4-7,15H2,1-3H3. The van der Waals surface area contributed by atoms with Gasteiger partial charge in [0.05, 0.1) is 0 Å². The summed E-state index contributed by atoms with van der Waals surface area (Å²) in [5.74, 6) is 0.938. The molecule has 0 bridgehead atoms. The van der Waals surface area contributed by atoms with Crippen LogP contribution in [0.2, 0.25) is 0 Å². The molecule has 3 unspecified atom stereocenters. The van der Waals surface area contributed by atoms with Gasteiger partial charge in [-0.3, -0.25) is 0 Å². The molecule has 3 atom stereocenters. The van der Waals surface area contributed by atoms with E-state index in [0.29, 0.717) is 16.7 Å². The Balaban J connectivity index is 2.25. The summed E-state index contributed by atoms with van der Waals surface area (Å²) >= 11 is 1.42. The molecular weight excluding hydrogens is 292 g/mol. The molecule has 1 aliphatic carbocycles. The third kappa shape index (κ3) is 3.08. The van der Waals surface area contributed by atoms with Gasteiger partial charge in [-0.15, -0.1) is 11.3 Å². The number of rotatable bonds is 4. The van der Waals surface area contributed by atoms with Gasteiger partial charge in [-0.25, -0.2) is 13.1 Å². The Bertz CT molecular complexity index is 566. The predicted octanol–water partition coefficient (Wildman–Crippen LogP) is 2.62. The lowest BCUT2D eigenvalue weighted by Crippen LogP contribution is -2.43. The maximum atomic E-state index is 12.7. The van der Waals surface area contributed by atoms with Crippen LogP contribution >= 0.6 is 11.3 Å². The van der Waals surface area contributed by atoms with Gasteiger partial charge in [0, 0.05) is 17.5 Å². The molecule has 20 heavy (non-hydrogen) atoms. The number of sulfonamides is 1. The summed E-state index contributed by atoms with van der Waals surface area (Å²) in [7, 11) is -3.47. The highest BCUT2D eigenvalue weighted by Crippen LogP contribution is 2.32. The van der Waals surface area contributed by atoms with E-state index in [-0.39, 0.29) is 12.6 Å². The van der Waals surface area contributed by atoms with Crippen molar-refractivity contribution in [2.45, 2.75) is 57.5 Å². The lowest BCUT2D eigenvalue weighted by atomic mass is 9.78. The second-order valence-electron chi connectivity index (χ2n) is 5.87. The zero-order valence-electron chi connectivity index (χ0n) is 12.3. The zero-order chi connectivity index (χ0) is 14.9. The van der Waals surface area contributed by atoms with Gasteiger partial charge >= 0.3 is 0 Å². The van der Waals surface area contributed by atoms with Crippen LogP contribution in [0.25, 0.3) is 0 Å². The molecule has 2 rings (SSSR count). The fourth-order valence-electron chi connectivity index (χ4n) is 3.00. The number of thiophene rings is 1. The number of hydrogen-bond acceptors (Lipinski definition) is 4. The van der Waals surface area contributed by atoms with Crippen LogP contribution < -0.4 is 10.5 Å². The van der Waals surface area contributed by atoms with Crippen molar-refractivity contribution < 1.29 is 8.42 Å². The minimum absolute atomic E-state index is 0.0358. The highest BCUT2D eigenvalue weighted by Gasteiger charge is 2.32. The van der Waals surface area contributed by atoms with Crippen LogP contribution in [0, 0.1) is 18.8 Å². The summed E-state index contributed by atoms with van der Waals surface area (Å²) in [5, 5.41) is 1.86. The van der Waals surface area contributed by atoms with Gasteiger partial charge in [0.1, 0.15) is 4.90 Å². The van der Waals surface area contributed by atoms with E-state index in [1.54, 1.807) is 0 Å². The van der Waals surface area contributed by atoms with E-state index in [1.807, 2.05) is 12.3 Å². The monoisotopic (exact) mass is 316 g/mol. The highest BCUT2D eigenvalue weighted by atomic mass is 32.2. The van der Waals surface area contributed by atoms with Crippen LogP contribution in [0.15, 0.2) is 10.3 Å². The lowest BCUT2D eigenvalue weighted by molar-refractivity contribution is 0.227. The maximum absolute atomic E-state index is 12.7. The van der Waals surface area contributed by atoms with Crippen molar-refractivity contribution in [1.29, 1.82) is 0 Å². The molecule has 0 aromatic carbocycles. The molecule has 6 heteroatoms. The van der Waals surface area contributed by atoms with Crippen LogP contribution in [0.1, 0.15) is 43.6 Å². The maximum Gasteiger partial charge on any atom is 0.242 e. The Hall–Kier alpha value is -0.430. The summed E-state index contributed by atoms with van der Waals surface area (Å²) < 4.78 is 28.2. The Kier molecular flexibility index (Phi) is 4.89. The molecule has 0 saturated heterocycles. The fourth-order valence-corrected chi connectivity index (χ4v) is 6.06. The van der Waals surface area contributed by atoms with Gasteiger partial charge in [0.15, 0.2) is 0 Å². The third-order valence-corrected chi connectivity index (χ3v) is 7.43. The van der Waals surface area contributed by atoms with Crippen molar-refractivity contribution in [3.63, 3.8) is 0 Å². The van der Waals surface area contributed by atoms with Gasteiger partial charge in [0.2, 0.25) is 10.0 Å². The van der Waals surface area contributed by atoms with Crippen LogP contribution in [0.5, 0.6) is 0 Å². The Labute approximate surface area is 125 Å². The Morgan fingerprint density at radius 1 is 1.40 bits per heavy atom. The average molecular weight is 316 g/mol. The smallest absolute Gasteiger partial charge is 0.242 e. The SMILES string of the molecule is Cc1csc(CN)c1S(=O)(=O)NC1CCCC(C)C1C. The first-order chi connectivity index (χ1) is 9.36. The van der Waals surface area contributed by atoms with E-state index in [1.165, 1.54) is 17.8 Å². The fraction of sp³-hybridized carbons (Fsp3) is 0.714. The molecule has 0 amide bonds. The minimum atomic E-state index is -3.47.